The zero-order valence-corrected chi connectivity index (χ0v) is 38.5. The maximum absolute atomic E-state index is 11.9. The van der Waals surface area contributed by atoms with Crippen molar-refractivity contribution in [2.24, 2.45) is 0 Å². The summed E-state index contributed by atoms with van der Waals surface area (Å²) in [5.41, 5.74) is 0. The molecular weight excluding hydrogens is 864 g/mol. The van der Waals surface area contributed by atoms with E-state index in [4.69, 9.17) is 76.2 Å². The van der Waals surface area contributed by atoms with Gasteiger partial charge in [0.1, 0.15) is 0 Å². The van der Waals surface area contributed by atoms with Crippen LogP contribution in [-0.4, -0.2) is 245 Å². The molecule has 0 spiro atoms. The lowest BCUT2D eigenvalue weighted by atomic mass is 10.2. The third-order valence-electron chi connectivity index (χ3n) is 8.42. The van der Waals surface area contributed by atoms with Gasteiger partial charge in [-0.15, -0.1) is 0 Å². The van der Waals surface area contributed by atoms with E-state index >= 15 is 0 Å². The lowest BCUT2D eigenvalue weighted by Gasteiger charge is -2.13. The Hall–Kier alpha value is -2.78. The average Bonchev–Trinajstić information content (AvgIpc) is 3.62. The van der Waals surface area contributed by atoms with E-state index in [1.165, 1.54) is 17.1 Å². The van der Waals surface area contributed by atoms with Gasteiger partial charge in [-0.2, -0.15) is 0 Å². The predicted molar refractivity (Wildman–Crippen MR) is 232 cm³/mol. The van der Waals surface area contributed by atoms with Gasteiger partial charge in [-0.05, 0) is 12.8 Å². The van der Waals surface area contributed by atoms with E-state index < -0.39 is 5.97 Å². The van der Waals surface area contributed by atoms with Crippen LogP contribution in [0.5, 0.6) is 0 Å². The minimum absolute atomic E-state index is 0.0107. The minimum atomic E-state index is -0.881. The molecule has 22 nitrogen and oxygen atoms in total. The average molecular weight is 943 g/mol. The van der Waals surface area contributed by atoms with Crippen molar-refractivity contribution in [3.05, 3.63) is 12.2 Å². The molecule has 22 heteroatoms. The van der Waals surface area contributed by atoms with Crippen LogP contribution in [0, 0.1) is 0 Å². The molecule has 1 aliphatic heterocycles. The van der Waals surface area contributed by atoms with Crippen LogP contribution in [0.4, 0.5) is 0 Å². The first-order valence-electron chi connectivity index (χ1n) is 22.7. The molecule has 0 atom stereocenters. The fourth-order valence-electron chi connectivity index (χ4n) is 5.08. The van der Waals surface area contributed by atoms with Crippen LogP contribution in [0.2, 0.25) is 0 Å². The molecule has 2 N–H and O–H groups in total. The van der Waals surface area contributed by atoms with Gasteiger partial charge in [0.15, 0.2) is 0 Å². The van der Waals surface area contributed by atoms with Crippen LogP contribution < -0.4 is 5.32 Å². The smallest absolute Gasteiger partial charge is 0.305 e. The van der Waals surface area contributed by atoms with Crippen LogP contribution >= 0.6 is 0 Å². The van der Waals surface area contributed by atoms with Crippen LogP contribution in [0.1, 0.15) is 32.1 Å². The van der Waals surface area contributed by atoms with Gasteiger partial charge in [0.25, 0.3) is 11.8 Å². The van der Waals surface area contributed by atoms with Gasteiger partial charge in [-0.1, -0.05) is 6.42 Å². The highest BCUT2D eigenvalue weighted by Gasteiger charge is 2.22. The Morgan fingerprint density at radius 1 is 0.369 bits per heavy atom. The second-order valence-electron chi connectivity index (χ2n) is 13.7. The molecule has 0 aromatic carbocycles. The van der Waals surface area contributed by atoms with E-state index in [-0.39, 0.29) is 30.7 Å². The number of nitrogens with zero attached hydrogens (tertiary/aromatic N) is 1. The number of hydrogen-bond donors (Lipinski definition) is 2. The molecule has 0 unspecified atom stereocenters. The molecule has 0 aromatic rings. The molecule has 65 heavy (non-hydrogen) atoms. The van der Waals surface area contributed by atoms with Gasteiger partial charge in [-0.25, -0.2) is 0 Å². The largest absolute Gasteiger partial charge is 0.481 e. The summed E-state index contributed by atoms with van der Waals surface area (Å²) in [7, 11) is 0. The van der Waals surface area contributed by atoms with Gasteiger partial charge in [0.05, 0.1) is 205 Å². The number of nitrogens with one attached hydrogen (secondary N) is 1. The highest BCUT2D eigenvalue weighted by Crippen LogP contribution is 2.07. The van der Waals surface area contributed by atoms with Gasteiger partial charge in [0, 0.05) is 31.7 Å². The van der Waals surface area contributed by atoms with Crippen molar-refractivity contribution in [3.8, 4) is 0 Å². The second kappa shape index (κ2) is 49.1. The molecule has 3 amide bonds. The molecule has 0 aliphatic carbocycles. The third-order valence-corrected chi connectivity index (χ3v) is 8.42. The number of imide groups is 1. The number of hydrogen-bond acceptors (Lipinski definition) is 19. The summed E-state index contributed by atoms with van der Waals surface area (Å²) in [6.07, 6.45) is 5.06. The highest BCUT2D eigenvalue weighted by molar-refractivity contribution is 6.12. The number of carboxylic acid groups (broad SMARTS) is 1. The summed E-state index contributed by atoms with van der Waals surface area (Å²) >= 11 is 0. The van der Waals surface area contributed by atoms with Crippen molar-refractivity contribution in [3.63, 3.8) is 0 Å². The molecule has 1 aliphatic rings. The number of aliphatic carboxylic acids is 1. The Balaban J connectivity index is 1.62. The fraction of sp³-hybridized carbons (Fsp3) is 0.860. The van der Waals surface area contributed by atoms with Crippen molar-refractivity contribution in [1.82, 2.24) is 10.2 Å². The van der Waals surface area contributed by atoms with Crippen molar-refractivity contribution >= 4 is 23.7 Å². The molecule has 0 bridgehead atoms. The van der Waals surface area contributed by atoms with E-state index in [9.17, 15) is 19.2 Å². The Morgan fingerprint density at radius 3 is 0.908 bits per heavy atom. The first-order valence-corrected chi connectivity index (χ1v) is 22.7. The molecule has 0 saturated carbocycles. The van der Waals surface area contributed by atoms with Gasteiger partial charge >= 0.3 is 5.97 Å². The van der Waals surface area contributed by atoms with Crippen molar-refractivity contribution in [1.29, 1.82) is 0 Å². The van der Waals surface area contributed by atoms with Gasteiger partial charge in [-0.3, -0.25) is 24.1 Å². The standard InChI is InChI=1S/C43H78N2O20/c46-40(4-2-1-3-9-45-41(47)5-6-42(45)48)44-8-11-52-13-15-54-17-19-56-21-23-58-25-27-60-29-31-62-33-35-64-37-39-65-38-36-63-34-32-61-30-28-59-26-24-57-22-20-55-18-16-53-14-12-51-10-7-43(49)50/h5-6H,1-4,7-39H2,(H,44,46)(H,49,50). The molecule has 0 radical (unpaired) electrons. The topological polar surface area (TPSA) is 242 Å². The summed E-state index contributed by atoms with van der Waals surface area (Å²) < 4.78 is 81.6. The molecule has 0 saturated heterocycles. The van der Waals surface area contributed by atoms with E-state index in [0.717, 1.165) is 6.42 Å². The van der Waals surface area contributed by atoms with E-state index in [0.29, 0.717) is 224 Å². The van der Waals surface area contributed by atoms with Crippen molar-refractivity contribution in [2.75, 3.05) is 211 Å². The van der Waals surface area contributed by atoms with Crippen LogP contribution in [0.3, 0.4) is 0 Å². The normalized spacial score (nSPS) is 12.6. The van der Waals surface area contributed by atoms with Crippen LogP contribution in [0.15, 0.2) is 12.2 Å². The molecule has 0 aromatic heterocycles. The Kier molecular flexibility index (Phi) is 45.5. The summed E-state index contributed by atoms with van der Waals surface area (Å²) in [5.74, 6) is -1.48. The summed E-state index contributed by atoms with van der Waals surface area (Å²) in [6.45, 7) is 14.2. The number of carboxylic acids is 1. The Labute approximate surface area is 384 Å². The number of carbonyl (C=O) groups excluding carboxylic acids is 3. The second-order valence-corrected chi connectivity index (χ2v) is 13.7. The van der Waals surface area contributed by atoms with Crippen LogP contribution in [0.25, 0.3) is 0 Å². The lowest BCUT2D eigenvalue weighted by molar-refractivity contribution is -0.139. The van der Waals surface area contributed by atoms with Gasteiger partial charge < -0.3 is 81.5 Å². The third kappa shape index (κ3) is 44.8. The Bertz CT molecular complexity index is 1120. The number of amides is 3. The molecule has 1 rings (SSSR count). The first-order chi connectivity index (χ1) is 32.0. The maximum Gasteiger partial charge on any atom is 0.305 e. The predicted octanol–water partition coefficient (Wildman–Crippen LogP) is 0.312. The monoisotopic (exact) mass is 943 g/mol. The summed E-state index contributed by atoms with van der Waals surface area (Å²) in [5, 5.41) is 11.3. The number of rotatable bonds is 54. The number of unbranched alkanes of at least 4 members (excludes halogenated alkanes) is 2. The Morgan fingerprint density at radius 2 is 0.631 bits per heavy atom. The summed E-state index contributed by atoms with van der Waals surface area (Å²) in [6, 6.07) is 0. The first kappa shape index (κ1) is 60.2. The zero-order chi connectivity index (χ0) is 46.8. The zero-order valence-electron chi connectivity index (χ0n) is 38.5. The quantitative estimate of drug-likeness (QED) is 0.0616. The van der Waals surface area contributed by atoms with E-state index in [1.54, 1.807) is 0 Å². The fourth-order valence-corrected chi connectivity index (χ4v) is 5.08. The van der Waals surface area contributed by atoms with Crippen molar-refractivity contribution in [2.45, 2.75) is 32.1 Å². The molecular formula is C43H78N2O20. The number of carbonyl (C=O) groups is 4. The van der Waals surface area contributed by atoms with Gasteiger partial charge in [0.2, 0.25) is 5.91 Å². The maximum atomic E-state index is 11.9. The van der Waals surface area contributed by atoms with Crippen LogP contribution in [-0.2, 0) is 90.2 Å². The minimum Gasteiger partial charge on any atom is -0.481 e. The van der Waals surface area contributed by atoms with E-state index in [2.05, 4.69) is 5.32 Å². The molecule has 380 valence electrons. The summed E-state index contributed by atoms with van der Waals surface area (Å²) in [4.78, 5) is 46.5. The molecule has 1 heterocycles. The number of ether oxygens (including phenoxy) is 15. The highest BCUT2D eigenvalue weighted by atomic mass is 16.6. The lowest BCUT2D eigenvalue weighted by Crippen LogP contribution is -2.31. The van der Waals surface area contributed by atoms with Crippen molar-refractivity contribution < 1.29 is 95.3 Å². The molecule has 0 fully saturated rings. The SMILES string of the molecule is O=C(O)CCOCCOCCOCCOCCOCCOCCOCCOCCOCCOCCOCCOCCOCCOCCOCCNC(=O)CCCCCN1C(=O)C=CC1=O. The van der Waals surface area contributed by atoms with E-state index in [1.807, 2.05) is 0 Å².